The molecule has 0 amide bonds. The Labute approximate surface area is 140 Å². The largest absolute Gasteiger partial charge is 0.487 e. The van der Waals surface area contributed by atoms with Crippen LogP contribution in [0.4, 0.5) is 8.78 Å². The highest BCUT2D eigenvalue weighted by atomic mass is 35.5. The van der Waals surface area contributed by atoms with Crippen LogP contribution < -0.4 is 10.3 Å². The zero-order valence-corrected chi connectivity index (χ0v) is 13.1. The number of ether oxygens (including phenoxy) is 1. The molecule has 0 saturated carbocycles. The molecule has 124 valence electrons. The fraction of sp³-hybridized carbons (Fsp3) is 0.125. The van der Waals surface area contributed by atoms with Gasteiger partial charge < -0.3 is 9.30 Å². The Morgan fingerprint density at radius 2 is 2.08 bits per heavy atom. The van der Waals surface area contributed by atoms with Crippen molar-refractivity contribution in [1.29, 1.82) is 0 Å². The first-order chi connectivity index (χ1) is 11.5. The molecule has 2 aromatic heterocycles. The van der Waals surface area contributed by atoms with E-state index in [-0.39, 0.29) is 29.5 Å². The van der Waals surface area contributed by atoms with Gasteiger partial charge in [-0.3, -0.25) is 9.89 Å². The third kappa shape index (κ3) is 3.46. The highest BCUT2D eigenvalue weighted by Gasteiger charge is 2.11. The standard InChI is InChI=1S/C16H12ClF2N3O2/c17-15-14(24-9-10-1-2-11(18)7-13(10)19)4-6-22(16(15)23)8-12-3-5-20-21-12/h1-7H,8-9H2,(H,20,21). The highest BCUT2D eigenvalue weighted by molar-refractivity contribution is 6.31. The van der Waals surface area contributed by atoms with Gasteiger partial charge in [0.2, 0.25) is 0 Å². The Balaban J connectivity index is 1.77. The van der Waals surface area contributed by atoms with E-state index in [2.05, 4.69) is 10.2 Å². The van der Waals surface area contributed by atoms with Crippen molar-refractivity contribution in [2.24, 2.45) is 0 Å². The van der Waals surface area contributed by atoms with E-state index in [4.69, 9.17) is 16.3 Å². The fourth-order valence-electron chi connectivity index (χ4n) is 2.12. The van der Waals surface area contributed by atoms with Crippen LogP contribution in [0.5, 0.6) is 5.75 Å². The van der Waals surface area contributed by atoms with Crippen molar-refractivity contribution in [3.05, 3.63) is 81.0 Å². The predicted molar refractivity (Wildman–Crippen MR) is 84.1 cm³/mol. The van der Waals surface area contributed by atoms with E-state index in [9.17, 15) is 13.6 Å². The summed E-state index contributed by atoms with van der Waals surface area (Å²) in [6, 6.07) is 6.43. The van der Waals surface area contributed by atoms with E-state index >= 15 is 0 Å². The molecule has 5 nitrogen and oxygen atoms in total. The summed E-state index contributed by atoms with van der Waals surface area (Å²) < 4.78 is 33.2. The monoisotopic (exact) mass is 351 g/mol. The van der Waals surface area contributed by atoms with Gasteiger partial charge in [-0.2, -0.15) is 5.10 Å². The molecule has 1 N–H and O–H groups in total. The minimum absolute atomic E-state index is 0.112. The molecule has 2 heterocycles. The normalized spacial score (nSPS) is 10.8. The lowest BCUT2D eigenvalue weighted by atomic mass is 10.2. The van der Waals surface area contributed by atoms with E-state index in [0.717, 1.165) is 17.8 Å². The molecular formula is C16H12ClF2N3O2. The van der Waals surface area contributed by atoms with Crippen molar-refractivity contribution < 1.29 is 13.5 Å². The van der Waals surface area contributed by atoms with Crippen molar-refractivity contribution in [2.45, 2.75) is 13.2 Å². The summed E-state index contributed by atoms with van der Waals surface area (Å²) in [6.07, 6.45) is 3.10. The van der Waals surface area contributed by atoms with Crippen LogP contribution in [0.25, 0.3) is 0 Å². The molecule has 0 aliphatic heterocycles. The van der Waals surface area contributed by atoms with E-state index in [1.165, 1.54) is 22.9 Å². The van der Waals surface area contributed by atoms with Gasteiger partial charge in [0.05, 0.1) is 12.2 Å². The molecule has 0 unspecified atom stereocenters. The van der Waals surface area contributed by atoms with Crippen molar-refractivity contribution in [3.63, 3.8) is 0 Å². The van der Waals surface area contributed by atoms with Crippen molar-refractivity contribution in [1.82, 2.24) is 14.8 Å². The molecule has 0 fully saturated rings. The highest BCUT2D eigenvalue weighted by Crippen LogP contribution is 2.22. The minimum atomic E-state index is -0.723. The van der Waals surface area contributed by atoms with Crippen molar-refractivity contribution >= 4 is 11.6 Å². The molecule has 0 aliphatic rings. The SMILES string of the molecule is O=c1c(Cl)c(OCc2ccc(F)cc2F)ccn1Cc1ccn[nH]1. The van der Waals surface area contributed by atoms with Gasteiger partial charge in [0, 0.05) is 24.0 Å². The van der Waals surface area contributed by atoms with E-state index in [0.29, 0.717) is 0 Å². The second-order valence-electron chi connectivity index (χ2n) is 5.03. The predicted octanol–water partition coefficient (Wildman–Crippen LogP) is 3.13. The number of rotatable bonds is 5. The molecule has 24 heavy (non-hydrogen) atoms. The Bertz CT molecular complexity index is 910. The van der Waals surface area contributed by atoms with Gasteiger partial charge in [0.15, 0.2) is 0 Å². The van der Waals surface area contributed by atoms with Crippen LogP contribution >= 0.6 is 11.6 Å². The molecule has 0 spiro atoms. The maximum Gasteiger partial charge on any atom is 0.273 e. The summed E-state index contributed by atoms with van der Waals surface area (Å²) in [6.45, 7) is 0.112. The Morgan fingerprint density at radius 1 is 1.25 bits per heavy atom. The number of hydrogen-bond acceptors (Lipinski definition) is 3. The van der Waals surface area contributed by atoms with Crippen LogP contribution in [0.15, 0.2) is 47.5 Å². The number of nitrogens with zero attached hydrogens (tertiary/aromatic N) is 2. The van der Waals surface area contributed by atoms with Crippen LogP contribution in [0.3, 0.4) is 0 Å². The Hall–Kier alpha value is -2.67. The van der Waals surface area contributed by atoms with Gasteiger partial charge in [0.1, 0.15) is 29.0 Å². The molecule has 0 radical (unpaired) electrons. The Kier molecular flexibility index (Phi) is 4.61. The molecule has 8 heteroatoms. The second kappa shape index (κ2) is 6.84. The first kappa shape index (κ1) is 16.2. The third-order valence-corrected chi connectivity index (χ3v) is 3.72. The zero-order chi connectivity index (χ0) is 17.1. The lowest BCUT2D eigenvalue weighted by Crippen LogP contribution is -2.21. The molecular weight excluding hydrogens is 340 g/mol. The number of aromatic amines is 1. The topological polar surface area (TPSA) is 59.9 Å². The van der Waals surface area contributed by atoms with Crippen LogP contribution in [0.2, 0.25) is 5.02 Å². The number of nitrogens with one attached hydrogen (secondary N) is 1. The van der Waals surface area contributed by atoms with Gasteiger partial charge in [-0.1, -0.05) is 11.6 Å². The Morgan fingerprint density at radius 3 is 2.79 bits per heavy atom. The molecule has 0 atom stereocenters. The average Bonchev–Trinajstić information content (AvgIpc) is 3.06. The molecule has 3 rings (SSSR count). The smallest absolute Gasteiger partial charge is 0.273 e. The second-order valence-corrected chi connectivity index (χ2v) is 5.41. The maximum absolute atomic E-state index is 13.6. The summed E-state index contributed by atoms with van der Waals surface area (Å²) in [4.78, 5) is 12.2. The minimum Gasteiger partial charge on any atom is -0.487 e. The molecule has 3 aromatic rings. The van der Waals surface area contributed by atoms with E-state index in [1.54, 1.807) is 12.3 Å². The average molecular weight is 352 g/mol. The van der Waals surface area contributed by atoms with Gasteiger partial charge in [-0.05, 0) is 24.3 Å². The quantitative estimate of drug-likeness (QED) is 0.768. The van der Waals surface area contributed by atoms with Gasteiger partial charge >= 0.3 is 0 Å². The van der Waals surface area contributed by atoms with E-state index in [1.807, 2.05) is 0 Å². The number of aromatic nitrogens is 3. The van der Waals surface area contributed by atoms with Crippen LogP contribution in [-0.2, 0) is 13.2 Å². The van der Waals surface area contributed by atoms with E-state index < -0.39 is 17.2 Å². The summed E-state index contributed by atoms with van der Waals surface area (Å²) in [5, 5.41) is 6.44. The van der Waals surface area contributed by atoms with Gasteiger partial charge in [-0.15, -0.1) is 0 Å². The van der Waals surface area contributed by atoms with Crippen molar-refractivity contribution in [3.8, 4) is 5.75 Å². The first-order valence-corrected chi connectivity index (χ1v) is 7.36. The molecule has 1 aromatic carbocycles. The number of hydrogen-bond donors (Lipinski definition) is 1. The summed E-state index contributed by atoms with van der Waals surface area (Å²) in [5.41, 5.74) is 0.465. The van der Waals surface area contributed by atoms with Gasteiger partial charge in [-0.25, -0.2) is 8.78 Å². The fourth-order valence-corrected chi connectivity index (χ4v) is 2.34. The van der Waals surface area contributed by atoms with Crippen LogP contribution in [0, 0.1) is 11.6 Å². The first-order valence-electron chi connectivity index (χ1n) is 6.98. The number of halogens is 3. The molecule has 0 bridgehead atoms. The van der Waals surface area contributed by atoms with Crippen molar-refractivity contribution in [2.75, 3.05) is 0 Å². The third-order valence-electron chi connectivity index (χ3n) is 3.37. The van der Waals surface area contributed by atoms with Crippen LogP contribution in [-0.4, -0.2) is 14.8 Å². The summed E-state index contributed by atoms with van der Waals surface area (Å²) in [5.74, 6) is -1.26. The lowest BCUT2D eigenvalue weighted by Gasteiger charge is -2.11. The van der Waals surface area contributed by atoms with Crippen LogP contribution in [0.1, 0.15) is 11.3 Å². The summed E-state index contributed by atoms with van der Waals surface area (Å²) in [7, 11) is 0. The number of pyridine rings is 1. The molecule has 0 aliphatic carbocycles. The van der Waals surface area contributed by atoms with Gasteiger partial charge in [0.25, 0.3) is 5.56 Å². The zero-order valence-electron chi connectivity index (χ0n) is 12.3. The maximum atomic E-state index is 13.6. The number of benzene rings is 1. The lowest BCUT2D eigenvalue weighted by molar-refractivity contribution is 0.298. The summed E-state index contributed by atoms with van der Waals surface area (Å²) >= 11 is 6.03. The molecule has 0 saturated heterocycles. The number of H-pyrrole nitrogens is 1.